The summed E-state index contributed by atoms with van der Waals surface area (Å²) in [6, 6.07) is 13.6. The lowest BCUT2D eigenvalue weighted by atomic mass is 10.2. The number of thiazole rings is 1. The molecule has 0 aliphatic rings. The predicted octanol–water partition coefficient (Wildman–Crippen LogP) is 3.70. The monoisotopic (exact) mass is 348 g/mol. The van der Waals surface area contributed by atoms with Crippen LogP contribution in [0.15, 0.2) is 60.2 Å². The van der Waals surface area contributed by atoms with E-state index in [9.17, 15) is 4.79 Å². The Balaban J connectivity index is 1.55. The Hall–Kier alpha value is -2.99. The van der Waals surface area contributed by atoms with Crippen LogP contribution in [0, 0.1) is 6.92 Å². The molecule has 124 valence electrons. The number of fused-ring (bicyclic) bond motifs is 1. The number of benzene rings is 1. The highest BCUT2D eigenvalue weighted by molar-refractivity contribution is 7.09. The summed E-state index contributed by atoms with van der Waals surface area (Å²) < 4.78 is 1.92. The van der Waals surface area contributed by atoms with E-state index in [1.807, 2.05) is 59.4 Å². The molecular weight excluding hydrogens is 332 g/mol. The van der Waals surface area contributed by atoms with Crippen LogP contribution in [-0.4, -0.2) is 20.3 Å². The molecule has 0 fully saturated rings. The molecule has 5 nitrogen and oxygen atoms in total. The summed E-state index contributed by atoms with van der Waals surface area (Å²) >= 11 is 1.58. The van der Waals surface area contributed by atoms with Crippen molar-refractivity contribution in [1.29, 1.82) is 0 Å². The molecule has 1 aromatic carbocycles. The number of aryl methyl sites for hydroxylation is 1. The van der Waals surface area contributed by atoms with Crippen LogP contribution in [0.1, 0.15) is 21.1 Å². The zero-order valence-corrected chi connectivity index (χ0v) is 14.5. The summed E-state index contributed by atoms with van der Waals surface area (Å²) in [5.74, 6) is -0.127. The molecule has 0 spiro atoms. The number of carbonyl (C=O) groups excluding carboxylic acids is 1. The van der Waals surface area contributed by atoms with Crippen LogP contribution in [-0.2, 0) is 6.54 Å². The molecule has 0 aliphatic heterocycles. The van der Waals surface area contributed by atoms with Crippen LogP contribution >= 0.6 is 11.3 Å². The fraction of sp³-hybridized carbons (Fsp3) is 0.105. The largest absolute Gasteiger partial charge is 0.346 e. The summed E-state index contributed by atoms with van der Waals surface area (Å²) in [4.78, 5) is 21.3. The number of rotatable bonds is 4. The van der Waals surface area contributed by atoms with Crippen molar-refractivity contribution in [2.24, 2.45) is 0 Å². The lowest BCUT2D eigenvalue weighted by molar-refractivity contribution is 0.0950. The fourth-order valence-corrected chi connectivity index (χ4v) is 3.25. The first-order chi connectivity index (χ1) is 12.2. The molecular formula is C19H16N4OS. The summed E-state index contributed by atoms with van der Waals surface area (Å²) in [5, 5.41) is 5.85. The third-order valence-corrected chi connectivity index (χ3v) is 4.71. The molecule has 0 saturated carbocycles. The number of hydrogen-bond donors (Lipinski definition) is 1. The fourth-order valence-electron chi connectivity index (χ4n) is 2.63. The van der Waals surface area contributed by atoms with Crippen LogP contribution in [0.3, 0.4) is 0 Å². The second-order valence-corrected chi connectivity index (χ2v) is 6.78. The molecule has 4 rings (SSSR count). The summed E-state index contributed by atoms with van der Waals surface area (Å²) in [6.45, 7) is 2.38. The van der Waals surface area contributed by atoms with Gasteiger partial charge in [0.15, 0.2) is 0 Å². The topological polar surface area (TPSA) is 59.3 Å². The molecule has 0 atom stereocenters. The number of carbonyl (C=O) groups is 1. The first-order valence-corrected chi connectivity index (χ1v) is 8.80. The average Bonchev–Trinajstić information content (AvgIpc) is 3.25. The molecule has 0 radical (unpaired) electrons. The minimum absolute atomic E-state index is 0.127. The highest BCUT2D eigenvalue weighted by Gasteiger charge is 2.10. The highest BCUT2D eigenvalue weighted by Crippen LogP contribution is 2.19. The Kier molecular flexibility index (Phi) is 4.03. The molecule has 1 amide bonds. The van der Waals surface area contributed by atoms with Crippen molar-refractivity contribution in [3.8, 4) is 11.3 Å². The van der Waals surface area contributed by atoms with Crippen LogP contribution < -0.4 is 5.32 Å². The molecule has 0 unspecified atom stereocenters. The standard InChI is InChI=1S/C19H16N4OS/c1-13-21-16(12-25-13)10-20-19(24)15-7-8-23-11-17(22-18(23)9-15)14-5-3-2-4-6-14/h2-9,11-12H,10H2,1H3,(H,20,24). The smallest absolute Gasteiger partial charge is 0.251 e. The maximum atomic E-state index is 12.4. The lowest BCUT2D eigenvalue weighted by Crippen LogP contribution is -2.23. The lowest BCUT2D eigenvalue weighted by Gasteiger charge is -2.03. The van der Waals surface area contributed by atoms with Gasteiger partial charge >= 0.3 is 0 Å². The number of amides is 1. The van der Waals surface area contributed by atoms with Gasteiger partial charge < -0.3 is 9.72 Å². The van der Waals surface area contributed by atoms with Crippen molar-refractivity contribution in [3.63, 3.8) is 0 Å². The zero-order chi connectivity index (χ0) is 17.2. The first-order valence-electron chi connectivity index (χ1n) is 7.92. The minimum atomic E-state index is -0.127. The molecule has 0 saturated heterocycles. The van der Waals surface area contributed by atoms with Gasteiger partial charge in [0.05, 0.1) is 22.9 Å². The van der Waals surface area contributed by atoms with Gasteiger partial charge in [-0.05, 0) is 19.1 Å². The van der Waals surface area contributed by atoms with E-state index in [1.165, 1.54) is 0 Å². The second-order valence-electron chi connectivity index (χ2n) is 5.71. The van der Waals surface area contributed by atoms with Gasteiger partial charge in [-0.15, -0.1) is 11.3 Å². The van der Waals surface area contributed by atoms with Crippen LogP contribution in [0.4, 0.5) is 0 Å². The Morgan fingerprint density at radius 3 is 2.80 bits per heavy atom. The molecule has 0 aliphatic carbocycles. The number of aromatic nitrogens is 3. The predicted molar refractivity (Wildman–Crippen MR) is 98.6 cm³/mol. The highest BCUT2D eigenvalue weighted by atomic mass is 32.1. The van der Waals surface area contributed by atoms with Crippen molar-refractivity contribution in [2.45, 2.75) is 13.5 Å². The zero-order valence-electron chi connectivity index (χ0n) is 13.6. The van der Waals surface area contributed by atoms with Crippen molar-refractivity contribution in [3.05, 3.63) is 76.5 Å². The maximum Gasteiger partial charge on any atom is 0.251 e. The van der Waals surface area contributed by atoms with Gasteiger partial charge in [0.1, 0.15) is 5.65 Å². The van der Waals surface area contributed by atoms with E-state index in [0.717, 1.165) is 27.6 Å². The van der Waals surface area contributed by atoms with Crippen LogP contribution in [0.2, 0.25) is 0 Å². The van der Waals surface area contributed by atoms with Gasteiger partial charge in [0, 0.05) is 28.9 Å². The van der Waals surface area contributed by atoms with Crippen molar-refractivity contribution in [1.82, 2.24) is 19.7 Å². The van der Waals surface area contributed by atoms with Crippen LogP contribution in [0.5, 0.6) is 0 Å². The van der Waals surface area contributed by atoms with Gasteiger partial charge in [0.2, 0.25) is 0 Å². The number of imidazole rings is 1. The molecule has 6 heteroatoms. The third kappa shape index (κ3) is 3.29. The maximum absolute atomic E-state index is 12.4. The van der Waals surface area contributed by atoms with Crippen molar-refractivity contribution in [2.75, 3.05) is 0 Å². The van der Waals surface area contributed by atoms with Gasteiger partial charge in [-0.2, -0.15) is 0 Å². The van der Waals surface area contributed by atoms with Gasteiger partial charge in [-0.25, -0.2) is 9.97 Å². The van der Waals surface area contributed by atoms with E-state index in [1.54, 1.807) is 23.5 Å². The number of nitrogens with one attached hydrogen (secondary N) is 1. The molecule has 3 aromatic heterocycles. The van der Waals surface area contributed by atoms with Gasteiger partial charge in [0.25, 0.3) is 5.91 Å². The molecule has 25 heavy (non-hydrogen) atoms. The molecule has 3 heterocycles. The van der Waals surface area contributed by atoms with E-state index >= 15 is 0 Å². The third-order valence-electron chi connectivity index (χ3n) is 3.89. The summed E-state index contributed by atoms with van der Waals surface area (Å²) in [6.07, 6.45) is 3.82. The second kappa shape index (κ2) is 6.49. The normalized spacial score (nSPS) is 10.9. The van der Waals surface area contributed by atoms with E-state index in [-0.39, 0.29) is 5.91 Å². The molecule has 0 bridgehead atoms. The van der Waals surface area contributed by atoms with Gasteiger partial charge in [-0.1, -0.05) is 30.3 Å². The Morgan fingerprint density at radius 1 is 1.20 bits per heavy atom. The van der Waals surface area contributed by atoms with E-state index in [2.05, 4.69) is 15.3 Å². The van der Waals surface area contributed by atoms with E-state index in [0.29, 0.717) is 12.1 Å². The SMILES string of the molecule is Cc1nc(CNC(=O)c2ccn3cc(-c4ccccc4)nc3c2)cs1. The Morgan fingerprint density at radius 2 is 2.04 bits per heavy atom. The van der Waals surface area contributed by atoms with Gasteiger partial charge in [-0.3, -0.25) is 4.79 Å². The van der Waals surface area contributed by atoms with E-state index in [4.69, 9.17) is 0 Å². The number of pyridine rings is 1. The molecule has 4 aromatic rings. The van der Waals surface area contributed by atoms with E-state index < -0.39 is 0 Å². The Bertz CT molecular complexity index is 1040. The summed E-state index contributed by atoms with van der Waals surface area (Å²) in [5.41, 5.74) is 4.15. The minimum Gasteiger partial charge on any atom is -0.346 e. The van der Waals surface area contributed by atoms with Crippen molar-refractivity contribution >= 4 is 22.9 Å². The van der Waals surface area contributed by atoms with Crippen molar-refractivity contribution < 1.29 is 4.79 Å². The first kappa shape index (κ1) is 15.5. The van der Waals surface area contributed by atoms with Crippen LogP contribution in [0.25, 0.3) is 16.9 Å². The quantitative estimate of drug-likeness (QED) is 0.612. The summed E-state index contributed by atoms with van der Waals surface area (Å²) in [7, 11) is 0. The molecule has 1 N–H and O–H groups in total. The number of hydrogen-bond acceptors (Lipinski definition) is 4. The average molecular weight is 348 g/mol. The number of nitrogens with zero attached hydrogens (tertiary/aromatic N) is 3. The Labute approximate surface area is 149 Å².